The van der Waals surface area contributed by atoms with E-state index in [0.717, 1.165) is 57.3 Å². The third-order valence-corrected chi connectivity index (χ3v) is 8.55. The maximum absolute atomic E-state index is 13.6. The SMILES string of the molecule is CCN1C(=O)N(CCCc2cccnc2)C(=O)C12CCN(CCC1=C(C)CCCC1(C)C)CC2. The number of carbonyl (C=O) groups excluding carboxylic acids is 2. The van der Waals surface area contributed by atoms with Gasteiger partial charge in [-0.3, -0.25) is 14.7 Å². The van der Waals surface area contributed by atoms with E-state index in [-0.39, 0.29) is 11.9 Å². The van der Waals surface area contributed by atoms with Gasteiger partial charge in [-0.1, -0.05) is 31.1 Å². The van der Waals surface area contributed by atoms with Gasteiger partial charge >= 0.3 is 6.03 Å². The number of likely N-dealkylation sites (tertiary alicyclic amines) is 1. The fourth-order valence-corrected chi connectivity index (χ4v) is 6.53. The van der Waals surface area contributed by atoms with Crippen LogP contribution in [-0.2, 0) is 11.2 Å². The van der Waals surface area contributed by atoms with E-state index in [1.807, 2.05) is 30.2 Å². The molecule has 0 N–H and O–H groups in total. The molecule has 1 spiro atoms. The molecule has 186 valence electrons. The van der Waals surface area contributed by atoms with Gasteiger partial charge in [0, 0.05) is 45.1 Å². The fraction of sp³-hybridized carbons (Fsp3) is 0.679. The quantitative estimate of drug-likeness (QED) is 0.397. The monoisotopic (exact) mass is 466 g/mol. The number of hydrogen-bond acceptors (Lipinski definition) is 4. The molecule has 3 heterocycles. The Labute approximate surface area is 205 Å². The molecule has 3 amide bonds. The standard InChI is InChI=1S/C28H42N4O2/c1-5-32-26(34)31(17-8-11-23-10-7-16-29-21-23)25(33)28(32)14-19-30(20-15-28)18-12-24-22(2)9-6-13-27(24,3)4/h7,10,16,21H,5-6,8-9,11-15,17-20H2,1-4H3. The van der Waals surface area contributed by atoms with Crippen LogP contribution in [0.2, 0.25) is 0 Å². The molecule has 6 nitrogen and oxygen atoms in total. The van der Waals surface area contributed by atoms with E-state index in [1.54, 1.807) is 17.3 Å². The minimum absolute atomic E-state index is 0.0251. The van der Waals surface area contributed by atoms with Crippen LogP contribution in [0.3, 0.4) is 0 Å². The summed E-state index contributed by atoms with van der Waals surface area (Å²) in [6.45, 7) is 13.0. The van der Waals surface area contributed by atoms with Crippen molar-refractivity contribution in [1.29, 1.82) is 0 Å². The summed E-state index contributed by atoms with van der Waals surface area (Å²) in [6, 6.07) is 3.87. The second-order valence-electron chi connectivity index (χ2n) is 11.1. The van der Waals surface area contributed by atoms with Crippen LogP contribution in [0.5, 0.6) is 0 Å². The molecule has 2 saturated heterocycles. The van der Waals surface area contributed by atoms with Gasteiger partial charge in [0.05, 0.1) is 0 Å². The molecule has 6 heteroatoms. The van der Waals surface area contributed by atoms with Crippen molar-refractivity contribution in [3.8, 4) is 0 Å². The van der Waals surface area contributed by atoms with Gasteiger partial charge in [-0.25, -0.2) is 4.79 Å². The second kappa shape index (κ2) is 10.2. The van der Waals surface area contributed by atoms with Crippen molar-refractivity contribution < 1.29 is 9.59 Å². The van der Waals surface area contributed by atoms with Crippen molar-refractivity contribution >= 4 is 11.9 Å². The maximum atomic E-state index is 13.6. The highest BCUT2D eigenvalue weighted by Crippen LogP contribution is 2.42. The molecule has 0 aromatic carbocycles. The Morgan fingerprint density at radius 1 is 1.06 bits per heavy atom. The number of likely N-dealkylation sites (N-methyl/N-ethyl adjacent to an activating group) is 1. The molecule has 1 aliphatic carbocycles. The summed E-state index contributed by atoms with van der Waals surface area (Å²) in [5.74, 6) is 0.0251. The first kappa shape index (κ1) is 24.9. The van der Waals surface area contributed by atoms with E-state index >= 15 is 0 Å². The largest absolute Gasteiger partial charge is 0.327 e. The lowest BCUT2D eigenvalue weighted by atomic mass is 9.71. The minimum atomic E-state index is -0.643. The molecule has 1 aromatic rings. The number of piperidine rings is 1. The van der Waals surface area contributed by atoms with Gasteiger partial charge < -0.3 is 9.80 Å². The molecule has 0 radical (unpaired) electrons. The van der Waals surface area contributed by atoms with Crippen LogP contribution in [0.4, 0.5) is 4.79 Å². The molecule has 0 bridgehead atoms. The number of allylic oxidation sites excluding steroid dienone is 1. The Morgan fingerprint density at radius 2 is 1.82 bits per heavy atom. The lowest BCUT2D eigenvalue weighted by Crippen LogP contribution is -2.56. The van der Waals surface area contributed by atoms with Gasteiger partial charge in [-0.2, -0.15) is 0 Å². The predicted octanol–water partition coefficient (Wildman–Crippen LogP) is 5.05. The van der Waals surface area contributed by atoms with Crippen LogP contribution >= 0.6 is 0 Å². The Morgan fingerprint density at radius 3 is 2.47 bits per heavy atom. The molecule has 4 rings (SSSR count). The average Bonchev–Trinajstić information content (AvgIpc) is 3.01. The van der Waals surface area contributed by atoms with E-state index < -0.39 is 5.54 Å². The van der Waals surface area contributed by atoms with E-state index in [4.69, 9.17) is 0 Å². The Hall–Kier alpha value is -2.21. The molecular formula is C28H42N4O2. The van der Waals surface area contributed by atoms with Crippen LogP contribution in [0, 0.1) is 5.41 Å². The summed E-state index contributed by atoms with van der Waals surface area (Å²) in [4.78, 5) is 36.8. The highest BCUT2D eigenvalue weighted by Gasteiger charge is 2.57. The molecule has 2 aliphatic heterocycles. The minimum Gasteiger partial charge on any atom is -0.310 e. The summed E-state index contributed by atoms with van der Waals surface area (Å²) in [5, 5.41) is 0. The van der Waals surface area contributed by atoms with Crippen LogP contribution in [0.1, 0.15) is 78.2 Å². The number of carbonyl (C=O) groups is 2. The molecule has 0 atom stereocenters. The van der Waals surface area contributed by atoms with Crippen molar-refractivity contribution in [2.75, 3.05) is 32.7 Å². The van der Waals surface area contributed by atoms with Gasteiger partial charge in [0.1, 0.15) is 5.54 Å². The van der Waals surface area contributed by atoms with Crippen LogP contribution in [0.25, 0.3) is 0 Å². The van der Waals surface area contributed by atoms with Crippen LogP contribution in [0.15, 0.2) is 35.7 Å². The highest BCUT2D eigenvalue weighted by atomic mass is 16.2. The average molecular weight is 467 g/mol. The summed E-state index contributed by atoms with van der Waals surface area (Å²) >= 11 is 0. The molecule has 3 aliphatic rings. The lowest BCUT2D eigenvalue weighted by molar-refractivity contribution is -0.135. The van der Waals surface area contributed by atoms with Crippen LogP contribution in [-0.4, -0.2) is 69.9 Å². The van der Waals surface area contributed by atoms with Crippen molar-refractivity contribution in [2.45, 2.75) is 84.6 Å². The summed E-state index contributed by atoms with van der Waals surface area (Å²) in [7, 11) is 0. The van der Waals surface area contributed by atoms with E-state index in [2.05, 4.69) is 30.7 Å². The number of urea groups is 1. The topological polar surface area (TPSA) is 56.8 Å². The predicted molar refractivity (Wildman–Crippen MR) is 135 cm³/mol. The summed E-state index contributed by atoms with van der Waals surface area (Å²) in [5.41, 5.74) is 4.03. The van der Waals surface area contributed by atoms with Gasteiger partial charge in [0.2, 0.25) is 0 Å². The summed E-state index contributed by atoms with van der Waals surface area (Å²) < 4.78 is 0. The van der Waals surface area contributed by atoms with Gasteiger partial charge in [0.25, 0.3) is 5.91 Å². The third kappa shape index (κ3) is 4.79. The smallest absolute Gasteiger partial charge is 0.310 e. The molecule has 2 fully saturated rings. The zero-order valence-electron chi connectivity index (χ0n) is 21.6. The molecule has 1 aromatic heterocycles. The van der Waals surface area contributed by atoms with Crippen LogP contribution < -0.4 is 0 Å². The lowest BCUT2D eigenvalue weighted by Gasteiger charge is -2.42. The highest BCUT2D eigenvalue weighted by molar-refractivity contribution is 6.07. The fourth-order valence-electron chi connectivity index (χ4n) is 6.53. The van der Waals surface area contributed by atoms with Gasteiger partial charge in [0.15, 0.2) is 0 Å². The van der Waals surface area contributed by atoms with Gasteiger partial charge in [-0.05, 0) is 82.3 Å². The molecule has 34 heavy (non-hydrogen) atoms. The normalized spacial score (nSPS) is 22.8. The third-order valence-electron chi connectivity index (χ3n) is 8.55. The first-order valence-corrected chi connectivity index (χ1v) is 13.2. The van der Waals surface area contributed by atoms with Crippen molar-refractivity contribution in [1.82, 2.24) is 19.7 Å². The summed E-state index contributed by atoms with van der Waals surface area (Å²) in [6.07, 6.45) is 11.6. The number of nitrogens with zero attached hydrogens (tertiary/aromatic N) is 4. The van der Waals surface area contributed by atoms with E-state index in [0.29, 0.717) is 18.5 Å². The van der Waals surface area contributed by atoms with E-state index in [1.165, 1.54) is 24.2 Å². The maximum Gasteiger partial charge on any atom is 0.327 e. The first-order valence-electron chi connectivity index (χ1n) is 13.2. The van der Waals surface area contributed by atoms with Gasteiger partial charge in [-0.15, -0.1) is 0 Å². The first-order chi connectivity index (χ1) is 16.3. The van der Waals surface area contributed by atoms with Crippen molar-refractivity contribution in [3.05, 3.63) is 41.2 Å². The molecule has 0 saturated carbocycles. The number of aromatic nitrogens is 1. The number of amides is 3. The Balaban J connectivity index is 1.35. The molecule has 0 unspecified atom stereocenters. The van der Waals surface area contributed by atoms with Crippen molar-refractivity contribution in [2.24, 2.45) is 5.41 Å². The zero-order valence-corrected chi connectivity index (χ0v) is 21.6. The number of rotatable bonds is 8. The Kier molecular flexibility index (Phi) is 7.46. The number of imide groups is 1. The number of aryl methyl sites for hydroxylation is 1. The number of hydrogen-bond donors (Lipinski definition) is 0. The zero-order chi connectivity index (χ0) is 24.3. The second-order valence-corrected chi connectivity index (χ2v) is 11.1. The Bertz CT molecular complexity index is 916. The number of pyridine rings is 1. The van der Waals surface area contributed by atoms with E-state index in [9.17, 15) is 9.59 Å². The van der Waals surface area contributed by atoms with Crippen molar-refractivity contribution in [3.63, 3.8) is 0 Å². The molecular weight excluding hydrogens is 424 g/mol.